The SMILES string of the molecule is CCCCCCCCCCC=C1CCCN1CCC.O=S(=O)(O)C(F)(F)F. The summed E-state index contributed by atoms with van der Waals surface area (Å²) >= 11 is 0. The van der Waals surface area contributed by atoms with E-state index in [2.05, 4.69) is 24.8 Å². The maximum atomic E-state index is 10.7. The van der Waals surface area contributed by atoms with Gasteiger partial charge in [0.1, 0.15) is 0 Å². The molecule has 0 radical (unpaired) electrons. The van der Waals surface area contributed by atoms with Crippen molar-refractivity contribution in [2.45, 2.75) is 96.4 Å². The van der Waals surface area contributed by atoms with Crippen LogP contribution in [-0.2, 0) is 10.1 Å². The molecule has 1 N–H and O–H groups in total. The summed E-state index contributed by atoms with van der Waals surface area (Å²) in [5.41, 5.74) is -3.89. The van der Waals surface area contributed by atoms with Crippen molar-refractivity contribution < 1.29 is 26.1 Å². The number of hydrogen-bond donors (Lipinski definition) is 1. The van der Waals surface area contributed by atoms with Crippen LogP contribution in [-0.4, -0.2) is 36.5 Å². The summed E-state index contributed by atoms with van der Waals surface area (Å²) in [6.07, 6.45) is 19.3. The van der Waals surface area contributed by atoms with Crippen molar-refractivity contribution in [3.05, 3.63) is 11.8 Å². The average molecular weight is 416 g/mol. The molecular weight excluding hydrogens is 379 g/mol. The van der Waals surface area contributed by atoms with E-state index in [4.69, 9.17) is 13.0 Å². The van der Waals surface area contributed by atoms with E-state index < -0.39 is 15.6 Å². The van der Waals surface area contributed by atoms with Gasteiger partial charge in [-0.05, 0) is 32.1 Å². The molecule has 27 heavy (non-hydrogen) atoms. The molecule has 1 heterocycles. The van der Waals surface area contributed by atoms with Crippen molar-refractivity contribution in [3.63, 3.8) is 0 Å². The first-order valence-corrected chi connectivity index (χ1v) is 11.5. The van der Waals surface area contributed by atoms with Gasteiger partial charge in [0.25, 0.3) is 0 Å². The number of unbranched alkanes of at least 4 members (excludes halogenated alkanes) is 8. The first kappa shape index (κ1) is 26.2. The predicted octanol–water partition coefficient (Wildman–Crippen LogP) is 6.30. The zero-order chi connectivity index (χ0) is 20.8. The molecule has 0 amide bonds. The third-order valence-corrected chi connectivity index (χ3v) is 5.08. The summed E-state index contributed by atoms with van der Waals surface area (Å²) in [6, 6.07) is 0. The van der Waals surface area contributed by atoms with Crippen LogP contribution in [0.1, 0.15) is 90.9 Å². The smallest absolute Gasteiger partial charge is 0.375 e. The van der Waals surface area contributed by atoms with Crippen LogP contribution in [0.25, 0.3) is 0 Å². The highest BCUT2D eigenvalue weighted by atomic mass is 32.2. The molecule has 0 aliphatic carbocycles. The van der Waals surface area contributed by atoms with Crippen LogP contribution >= 0.6 is 0 Å². The quantitative estimate of drug-likeness (QED) is 0.244. The van der Waals surface area contributed by atoms with Gasteiger partial charge in [0.2, 0.25) is 0 Å². The predicted molar refractivity (Wildman–Crippen MR) is 104 cm³/mol. The minimum absolute atomic E-state index is 1.27. The van der Waals surface area contributed by atoms with Crippen molar-refractivity contribution in [3.8, 4) is 0 Å². The fraction of sp³-hybridized carbons (Fsp3) is 0.895. The van der Waals surface area contributed by atoms with Gasteiger partial charge in [-0.3, -0.25) is 4.55 Å². The highest BCUT2D eigenvalue weighted by Gasteiger charge is 2.44. The molecule has 0 aromatic heterocycles. The van der Waals surface area contributed by atoms with E-state index in [0.29, 0.717) is 0 Å². The third kappa shape index (κ3) is 13.1. The Morgan fingerprint density at radius 3 is 2.00 bits per heavy atom. The van der Waals surface area contributed by atoms with Gasteiger partial charge in [0, 0.05) is 18.8 Å². The van der Waals surface area contributed by atoms with Crippen LogP contribution in [0.3, 0.4) is 0 Å². The molecule has 1 rings (SSSR count). The Morgan fingerprint density at radius 2 is 1.52 bits per heavy atom. The average Bonchev–Trinajstić information content (AvgIpc) is 3.00. The Hall–Kier alpha value is -0.760. The number of likely N-dealkylation sites (tertiary alicyclic amines) is 1. The minimum atomic E-state index is -5.84. The lowest BCUT2D eigenvalue weighted by molar-refractivity contribution is -0.0510. The van der Waals surface area contributed by atoms with Crippen LogP contribution in [0, 0.1) is 0 Å². The van der Waals surface area contributed by atoms with Gasteiger partial charge in [0.15, 0.2) is 0 Å². The molecule has 1 aliphatic heterocycles. The highest BCUT2D eigenvalue weighted by molar-refractivity contribution is 7.86. The summed E-state index contributed by atoms with van der Waals surface area (Å²) in [4.78, 5) is 2.60. The Morgan fingerprint density at radius 1 is 1.00 bits per heavy atom. The largest absolute Gasteiger partial charge is 0.522 e. The molecule has 1 aliphatic rings. The molecule has 162 valence electrons. The second kappa shape index (κ2) is 14.3. The molecule has 0 atom stereocenters. The number of rotatable bonds is 11. The van der Waals surface area contributed by atoms with E-state index in [0.717, 1.165) is 0 Å². The minimum Gasteiger partial charge on any atom is -0.375 e. The molecule has 0 aromatic carbocycles. The standard InChI is InChI=1S/C18H35N.CHF3O3S/c1-3-5-6-7-8-9-10-11-12-14-18-15-13-17-19(18)16-4-2;2-1(3,4)8(5,6)7/h14H,3-13,15-17H2,1-2H3;(H,5,6,7). The fourth-order valence-corrected chi connectivity index (χ4v) is 3.06. The maximum absolute atomic E-state index is 10.7. The number of alkyl halides is 3. The van der Waals surface area contributed by atoms with E-state index >= 15 is 0 Å². The zero-order valence-corrected chi connectivity index (χ0v) is 17.5. The molecule has 0 spiro atoms. The molecule has 4 nitrogen and oxygen atoms in total. The van der Waals surface area contributed by atoms with Crippen molar-refractivity contribution in [2.24, 2.45) is 0 Å². The fourth-order valence-electron chi connectivity index (χ4n) is 3.06. The first-order chi connectivity index (χ1) is 12.6. The van der Waals surface area contributed by atoms with Gasteiger partial charge in [-0.1, -0.05) is 64.9 Å². The molecule has 8 heteroatoms. The lowest BCUT2D eigenvalue weighted by Crippen LogP contribution is -2.21. The lowest BCUT2D eigenvalue weighted by Gasteiger charge is -2.18. The van der Waals surface area contributed by atoms with E-state index in [1.54, 1.807) is 5.70 Å². The summed E-state index contributed by atoms with van der Waals surface area (Å²) in [6.45, 7) is 7.15. The molecule has 0 saturated carbocycles. The number of halogens is 3. The topological polar surface area (TPSA) is 57.6 Å². The van der Waals surface area contributed by atoms with Crippen molar-refractivity contribution >= 4 is 10.1 Å². The summed E-state index contributed by atoms with van der Waals surface area (Å²) in [5.74, 6) is 0. The number of nitrogens with zero attached hydrogens (tertiary/aromatic N) is 1. The summed E-state index contributed by atoms with van der Waals surface area (Å²) in [5, 5.41) is 0. The van der Waals surface area contributed by atoms with Crippen molar-refractivity contribution in [1.82, 2.24) is 4.90 Å². The van der Waals surface area contributed by atoms with Crippen LogP contribution < -0.4 is 0 Å². The Kier molecular flexibility index (Phi) is 13.9. The molecule has 0 bridgehead atoms. The lowest BCUT2D eigenvalue weighted by atomic mass is 10.1. The number of hydrogen-bond acceptors (Lipinski definition) is 3. The molecule has 0 aromatic rings. The molecule has 1 saturated heterocycles. The second-order valence-electron chi connectivity index (χ2n) is 6.97. The molecule has 0 unspecified atom stereocenters. The van der Waals surface area contributed by atoms with Gasteiger partial charge in [0.05, 0.1) is 0 Å². The normalized spacial score (nSPS) is 16.5. The Balaban J connectivity index is 0.000000713. The highest BCUT2D eigenvalue weighted by Crippen LogP contribution is 2.22. The van der Waals surface area contributed by atoms with Gasteiger partial charge < -0.3 is 4.90 Å². The molecular formula is C19H36F3NO3S. The van der Waals surface area contributed by atoms with Crippen LogP contribution in [0.15, 0.2) is 11.8 Å². The first-order valence-electron chi connectivity index (χ1n) is 10.1. The maximum Gasteiger partial charge on any atom is 0.522 e. The van der Waals surface area contributed by atoms with Gasteiger partial charge in [-0.15, -0.1) is 0 Å². The Bertz CT molecular complexity index is 505. The van der Waals surface area contributed by atoms with E-state index in [9.17, 15) is 13.2 Å². The zero-order valence-electron chi connectivity index (χ0n) is 16.7. The van der Waals surface area contributed by atoms with E-state index in [1.807, 2.05) is 0 Å². The number of allylic oxidation sites excluding steroid dienone is 2. The van der Waals surface area contributed by atoms with Crippen LogP contribution in [0.2, 0.25) is 0 Å². The molecule has 1 fully saturated rings. The van der Waals surface area contributed by atoms with Crippen molar-refractivity contribution in [1.29, 1.82) is 0 Å². The van der Waals surface area contributed by atoms with E-state index in [-0.39, 0.29) is 0 Å². The van der Waals surface area contributed by atoms with Crippen molar-refractivity contribution in [2.75, 3.05) is 13.1 Å². The van der Waals surface area contributed by atoms with Crippen LogP contribution in [0.5, 0.6) is 0 Å². The van der Waals surface area contributed by atoms with Gasteiger partial charge in [-0.2, -0.15) is 21.6 Å². The monoisotopic (exact) mass is 415 g/mol. The second-order valence-corrected chi connectivity index (χ2v) is 8.38. The summed E-state index contributed by atoms with van der Waals surface area (Å²) < 4.78 is 57.5. The van der Waals surface area contributed by atoms with Gasteiger partial charge in [-0.25, -0.2) is 0 Å². The van der Waals surface area contributed by atoms with Crippen LogP contribution in [0.4, 0.5) is 13.2 Å². The van der Waals surface area contributed by atoms with E-state index in [1.165, 1.54) is 90.1 Å². The Labute approximate surface area is 163 Å². The van der Waals surface area contributed by atoms with Gasteiger partial charge >= 0.3 is 15.6 Å². The summed E-state index contributed by atoms with van der Waals surface area (Å²) in [7, 11) is -5.84. The third-order valence-electron chi connectivity index (χ3n) is 4.49.